The third-order valence-electron chi connectivity index (χ3n) is 2.69. The Hall–Kier alpha value is -1.75. The minimum Gasteiger partial charge on any atom is -0.300 e. The van der Waals surface area contributed by atoms with Gasteiger partial charge in [-0.2, -0.15) is 0 Å². The van der Waals surface area contributed by atoms with E-state index in [1.807, 2.05) is 0 Å². The van der Waals surface area contributed by atoms with Crippen LogP contribution in [0.3, 0.4) is 0 Å². The second kappa shape index (κ2) is 5.93. The van der Waals surface area contributed by atoms with Crippen LogP contribution in [-0.2, 0) is 11.2 Å². The topological polar surface area (TPSA) is 33.2 Å². The van der Waals surface area contributed by atoms with E-state index in [0.717, 1.165) is 10.0 Å². The second-order valence-corrected chi connectivity index (χ2v) is 5.00. The van der Waals surface area contributed by atoms with Crippen molar-refractivity contribution in [2.24, 2.45) is 0 Å². The highest BCUT2D eigenvalue weighted by Gasteiger charge is 2.13. The number of halogens is 2. The van der Waals surface area contributed by atoms with Gasteiger partial charge in [-0.15, -0.1) is 0 Å². The molecular weight excluding hydrogens is 311 g/mol. The molecule has 0 spiro atoms. The van der Waals surface area contributed by atoms with Crippen LogP contribution in [0, 0.1) is 5.82 Å². The van der Waals surface area contributed by atoms with E-state index in [-0.39, 0.29) is 18.1 Å². The Morgan fingerprint density at radius 1 is 1.32 bits per heavy atom. The van der Waals surface area contributed by atoms with Crippen molar-refractivity contribution in [1.29, 1.82) is 0 Å². The Balaban J connectivity index is 2.09. The molecular formula is C14H12BrFN2O. The first-order valence-electron chi connectivity index (χ1n) is 5.69. The average molecular weight is 323 g/mol. The van der Waals surface area contributed by atoms with Gasteiger partial charge in [0, 0.05) is 17.7 Å². The number of rotatable bonds is 3. The summed E-state index contributed by atoms with van der Waals surface area (Å²) in [6, 6.07) is 9.47. The highest BCUT2D eigenvalue weighted by Crippen LogP contribution is 2.16. The quantitative estimate of drug-likeness (QED) is 0.869. The van der Waals surface area contributed by atoms with Crippen LogP contribution < -0.4 is 4.90 Å². The normalized spacial score (nSPS) is 10.3. The molecule has 19 heavy (non-hydrogen) atoms. The fourth-order valence-electron chi connectivity index (χ4n) is 1.60. The first kappa shape index (κ1) is 13.7. The van der Waals surface area contributed by atoms with Crippen molar-refractivity contribution >= 4 is 27.7 Å². The first-order chi connectivity index (χ1) is 9.06. The fraction of sp³-hybridized carbons (Fsp3) is 0.143. The molecule has 2 aromatic rings. The van der Waals surface area contributed by atoms with Crippen molar-refractivity contribution in [2.45, 2.75) is 6.42 Å². The number of carbonyl (C=O) groups is 1. The van der Waals surface area contributed by atoms with Crippen molar-refractivity contribution in [2.75, 3.05) is 11.9 Å². The molecule has 0 saturated carbocycles. The zero-order valence-electron chi connectivity index (χ0n) is 10.3. The number of hydrogen-bond donors (Lipinski definition) is 0. The molecule has 0 atom stereocenters. The van der Waals surface area contributed by atoms with Gasteiger partial charge in [-0.05, 0) is 29.8 Å². The van der Waals surface area contributed by atoms with Gasteiger partial charge in [0.25, 0.3) is 0 Å². The number of carbonyl (C=O) groups excluding carboxylic acids is 1. The predicted octanol–water partition coefficient (Wildman–Crippen LogP) is 3.19. The van der Waals surface area contributed by atoms with Crippen molar-refractivity contribution in [1.82, 2.24) is 4.98 Å². The van der Waals surface area contributed by atoms with Crippen molar-refractivity contribution in [3.05, 3.63) is 58.4 Å². The van der Waals surface area contributed by atoms with Crippen molar-refractivity contribution < 1.29 is 9.18 Å². The predicted molar refractivity (Wildman–Crippen MR) is 75.5 cm³/mol. The number of benzene rings is 1. The number of aromatic nitrogens is 1. The molecule has 1 aromatic heterocycles. The van der Waals surface area contributed by atoms with Crippen LogP contribution >= 0.6 is 15.9 Å². The lowest BCUT2D eigenvalue weighted by Gasteiger charge is -2.16. The Kier molecular flexibility index (Phi) is 4.27. The van der Waals surface area contributed by atoms with Gasteiger partial charge in [-0.25, -0.2) is 9.37 Å². The maximum absolute atomic E-state index is 12.8. The maximum Gasteiger partial charge on any atom is 0.232 e. The van der Waals surface area contributed by atoms with E-state index < -0.39 is 0 Å². The molecule has 0 fully saturated rings. The number of likely N-dealkylation sites (N-methyl/N-ethyl adjacent to an activating group) is 1. The Morgan fingerprint density at radius 2 is 2.00 bits per heavy atom. The van der Waals surface area contributed by atoms with E-state index in [1.54, 1.807) is 37.5 Å². The third-order valence-corrected chi connectivity index (χ3v) is 3.19. The summed E-state index contributed by atoms with van der Waals surface area (Å²) in [4.78, 5) is 17.7. The fourth-order valence-corrected chi connectivity index (χ4v) is 1.92. The standard InChI is InChI=1S/C14H12BrFN2O/c1-18(13-9-11(15)6-7-17-13)14(19)8-10-2-4-12(16)5-3-10/h2-7,9H,8H2,1H3. The molecule has 0 unspecified atom stereocenters. The maximum atomic E-state index is 12.8. The number of pyridine rings is 1. The van der Waals surface area contributed by atoms with Gasteiger partial charge in [0.15, 0.2) is 0 Å². The van der Waals surface area contributed by atoms with Gasteiger partial charge >= 0.3 is 0 Å². The van der Waals surface area contributed by atoms with Crippen molar-refractivity contribution in [3.8, 4) is 0 Å². The molecule has 98 valence electrons. The van der Waals surface area contributed by atoms with E-state index in [9.17, 15) is 9.18 Å². The van der Waals surface area contributed by atoms with Gasteiger partial charge in [0.1, 0.15) is 11.6 Å². The van der Waals surface area contributed by atoms with Crippen LogP contribution in [-0.4, -0.2) is 17.9 Å². The van der Waals surface area contributed by atoms with E-state index in [0.29, 0.717) is 5.82 Å². The summed E-state index contributed by atoms with van der Waals surface area (Å²) in [5.74, 6) is 0.164. The van der Waals surface area contributed by atoms with Crippen LogP contribution in [0.1, 0.15) is 5.56 Å². The van der Waals surface area contributed by atoms with Crippen LogP contribution in [0.25, 0.3) is 0 Å². The molecule has 1 aromatic carbocycles. The minimum absolute atomic E-state index is 0.0998. The smallest absolute Gasteiger partial charge is 0.232 e. The minimum atomic E-state index is -0.307. The van der Waals surface area contributed by atoms with Crippen LogP contribution in [0.15, 0.2) is 47.1 Å². The Morgan fingerprint density at radius 3 is 2.63 bits per heavy atom. The van der Waals surface area contributed by atoms with E-state index in [1.165, 1.54) is 17.0 Å². The molecule has 0 N–H and O–H groups in total. The molecule has 0 radical (unpaired) electrons. The van der Waals surface area contributed by atoms with E-state index in [4.69, 9.17) is 0 Å². The first-order valence-corrected chi connectivity index (χ1v) is 6.48. The second-order valence-electron chi connectivity index (χ2n) is 4.09. The monoisotopic (exact) mass is 322 g/mol. The van der Waals surface area contributed by atoms with E-state index >= 15 is 0 Å². The summed E-state index contributed by atoms with van der Waals surface area (Å²) in [6.07, 6.45) is 1.84. The Labute approximate surface area is 119 Å². The zero-order valence-corrected chi connectivity index (χ0v) is 11.9. The van der Waals surface area contributed by atoms with E-state index in [2.05, 4.69) is 20.9 Å². The van der Waals surface area contributed by atoms with Crippen LogP contribution in [0.4, 0.5) is 10.2 Å². The zero-order chi connectivity index (χ0) is 13.8. The molecule has 0 saturated heterocycles. The molecule has 0 aliphatic rings. The molecule has 1 amide bonds. The summed E-state index contributed by atoms with van der Waals surface area (Å²) in [7, 11) is 1.67. The number of nitrogens with zero attached hydrogens (tertiary/aromatic N) is 2. The van der Waals surface area contributed by atoms with Crippen molar-refractivity contribution in [3.63, 3.8) is 0 Å². The lowest BCUT2D eigenvalue weighted by molar-refractivity contribution is -0.117. The third kappa shape index (κ3) is 3.61. The molecule has 0 aliphatic carbocycles. The largest absolute Gasteiger partial charge is 0.300 e. The summed E-state index contributed by atoms with van der Waals surface area (Å²) >= 11 is 3.33. The van der Waals surface area contributed by atoms with Crippen LogP contribution in [0.5, 0.6) is 0 Å². The highest BCUT2D eigenvalue weighted by molar-refractivity contribution is 9.10. The summed E-state index contributed by atoms with van der Waals surface area (Å²) in [6.45, 7) is 0. The molecule has 2 rings (SSSR count). The lowest BCUT2D eigenvalue weighted by Crippen LogP contribution is -2.28. The highest BCUT2D eigenvalue weighted by atomic mass is 79.9. The van der Waals surface area contributed by atoms with Gasteiger partial charge in [0.2, 0.25) is 5.91 Å². The van der Waals surface area contributed by atoms with Gasteiger partial charge in [0.05, 0.1) is 6.42 Å². The summed E-state index contributed by atoms with van der Waals surface area (Å²) in [5.41, 5.74) is 0.772. The average Bonchev–Trinajstić information content (AvgIpc) is 2.40. The summed E-state index contributed by atoms with van der Waals surface area (Å²) in [5, 5.41) is 0. The van der Waals surface area contributed by atoms with Gasteiger partial charge in [-0.1, -0.05) is 28.1 Å². The molecule has 5 heteroatoms. The molecule has 3 nitrogen and oxygen atoms in total. The Bertz CT molecular complexity index is 586. The van der Waals surface area contributed by atoms with Gasteiger partial charge in [-0.3, -0.25) is 9.69 Å². The SMILES string of the molecule is CN(C(=O)Cc1ccc(F)cc1)c1cc(Br)ccn1. The molecule has 0 aliphatic heterocycles. The van der Waals surface area contributed by atoms with Crippen LogP contribution in [0.2, 0.25) is 0 Å². The molecule has 0 bridgehead atoms. The van der Waals surface area contributed by atoms with Gasteiger partial charge < -0.3 is 0 Å². The molecule has 1 heterocycles. The number of amides is 1. The summed E-state index contributed by atoms with van der Waals surface area (Å²) < 4.78 is 13.6. The lowest BCUT2D eigenvalue weighted by atomic mass is 10.1. The number of hydrogen-bond acceptors (Lipinski definition) is 2. The number of anilines is 1.